The molecule has 4 aromatic rings. The van der Waals surface area contributed by atoms with Gasteiger partial charge in [0.25, 0.3) is 0 Å². The van der Waals surface area contributed by atoms with Gasteiger partial charge in [0.15, 0.2) is 9.84 Å². The fourth-order valence-electron chi connectivity index (χ4n) is 3.89. The van der Waals surface area contributed by atoms with Gasteiger partial charge in [-0.1, -0.05) is 48.5 Å². The lowest BCUT2D eigenvalue weighted by Gasteiger charge is -2.44. The number of sulfone groups is 1. The van der Waals surface area contributed by atoms with Gasteiger partial charge in [-0.25, -0.2) is 13.4 Å². The Morgan fingerprint density at radius 3 is 2.62 bits per heavy atom. The predicted molar refractivity (Wildman–Crippen MR) is 116 cm³/mol. The molecule has 0 spiro atoms. The molecule has 0 amide bonds. The van der Waals surface area contributed by atoms with E-state index in [1.165, 1.54) is 11.9 Å². The first-order valence-corrected chi connectivity index (χ1v) is 11.9. The van der Waals surface area contributed by atoms with Crippen LogP contribution >= 0.6 is 11.5 Å². The maximum absolute atomic E-state index is 12.8. The Morgan fingerprint density at radius 2 is 1.90 bits per heavy atom. The average molecular weight is 422 g/mol. The minimum atomic E-state index is -3.46. The molecule has 0 bridgehead atoms. The van der Waals surface area contributed by atoms with E-state index >= 15 is 0 Å². The molecule has 5 nitrogen and oxygen atoms in total. The lowest BCUT2D eigenvalue weighted by molar-refractivity contribution is 0.467. The first kappa shape index (κ1) is 18.3. The fourth-order valence-corrected chi connectivity index (χ4v) is 6.03. The van der Waals surface area contributed by atoms with Gasteiger partial charge in [-0.2, -0.15) is 4.37 Å². The Balaban J connectivity index is 1.50. The van der Waals surface area contributed by atoms with Gasteiger partial charge in [-0.15, -0.1) is 0 Å². The molecule has 1 aliphatic rings. The normalized spacial score (nSPS) is 16.7. The molecule has 0 N–H and O–H groups in total. The van der Waals surface area contributed by atoms with E-state index < -0.39 is 9.84 Å². The molecule has 5 rings (SSSR count). The van der Waals surface area contributed by atoms with E-state index in [0.29, 0.717) is 15.9 Å². The smallest absolute Gasteiger partial charge is 0.184 e. The molecule has 1 fully saturated rings. The van der Waals surface area contributed by atoms with Crippen LogP contribution in [0.5, 0.6) is 0 Å². The van der Waals surface area contributed by atoms with Crippen molar-refractivity contribution in [3.63, 3.8) is 0 Å². The van der Waals surface area contributed by atoms with E-state index in [9.17, 15) is 8.42 Å². The SMILES string of the molecule is O=S(=O)(Cc1ncns1)c1ccc2c(N3CCC3c3ccccc3)cccc2c1. The number of hydrogen-bond donors (Lipinski definition) is 0. The van der Waals surface area contributed by atoms with Crippen LogP contribution in [-0.4, -0.2) is 24.3 Å². The van der Waals surface area contributed by atoms with Gasteiger partial charge in [0.05, 0.1) is 10.9 Å². The first-order chi connectivity index (χ1) is 14.1. The van der Waals surface area contributed by atoms with Gasteiger partial charge in [0.1, 0.15) is 17.1 Å². The summed E-state index contributed by atoms with van der Waals surface area (Å²) in [5, 5.41) is 2.51. The van der Waals surface area contributed by atoms with Crippen LogP contribution in [0.25, 0.3) is 10.8 Å². The summed E-state index contributed by atoms with van der Waals surface area (Å²) in [5.41, 5.74) is 2.46. The van der Waals surface area contributed by atoms with Crippen molar-refractivity contribution in [3.8, 4) is 0 Å². The molecule has 1 atom stereocenters. The molecule has 2 heterocycles. The molecule has 1 aliphatic heterocycles. The molecule has 29 heavy (non-hydrogen) atoms. The van der Waals surface area contributed by atoms with Crippen molar-refractivity contribution in [2.45, 2.75) is 23.1 Å². The van der Waals surface area contributed by atoms with Gasteiger partial charge < -0.3 is 4.90 Å². The number of rotatable bonds is 5. The fraction of sp³-hybridized carbons (Fsp3) is 0.182. The summed E-state index contributed by atoms with van der Waals surface area (Å²) in [6.45, 7) is 0.996. The van der Waals surface area contributed by atoms with Crippen LogP contribution in [0.2, 0.25) is 0 Å². The van der Waals surface area contributed by atoms with Crippen LogP contribution in [0.3, 0.4) is 0 Å². The van der Waals surface area contributed by atoms with Crippen molar-refractivity contribution in [3.05, 3.63) is 83.6 Å². The number of hydrogen-bond acceptors (Lipinski definition) is 6. The second kappa shape index (κ2) is 7.24. The summed E-state index contributed by atoms with van der Waals surface area (Å²) >= 11 is 1.12. The highest BCUT2D eigenvalue weighted by Crippen LogP contribution is 2.41. The van der Waals surface area contributed by atoms with E-state index in [-0.39, 0.29) is 5.75 Å². The summed E-state index contributed by atoms with van der Waals surface area (Å²) in [4.78, 5) is 6.72. The zero-order valence-electron chi connectivity index (χ0n) is 15.6. The standard InChI is InChI=1S/C22H19N3O2S2/c26-29(27,14-22-23-15-24-28-22)18-9-10-19-17(13-18)7-4-8-21(19)25-12-11-20(25)16-5-2-1-3-6-16/h1-10,13,15,20H,11-12,14H2. The van der Waals surface area contributed by atoms with E-state index in [4.69, 9.17) is 0 Å². The third-order valence-corrected chi connectivity index (χ3v) is 7.89. The lowest BCUT2D eigenvalue weighted by Crippen LogP contribution is -2.41. The molecular formula is C22H19N3O2S2. The summed E-state index contributed by atoms with van der Waals surface area (Å²) in [6.07, 6.45) is 2.51. The van der Waals surface area contributed by atoms with Crippen LogP contribution in [0.15, 0.2) is 78.0 Å². The van der Waals surface area contributed by atoms with Crippen LogP contribution in [0, 0.1) is 0 Å². The maximum Gasteiger partial charge on any atom is 0.184 e. The predicted octanol–water partition coefficient (Wildman–Crippen LogP) is 4.62. The minimum absolute atomic E-state index is 0.120. The third-order valence-electron chi connectivity index (χ3n) is 5.42. The molecule has 1 saturated heterocycles. The van der Waals surface area contributed by atoms with Crippen molar-refractivity contribution in [2.75, 3.05) is 11.4 Å². The number of nitrogens with zero attached hydrogens (tertiary/aromatic N) is 3. The number of anilines is 1. The molecule has 1 unspecified atom stereocenters. The summed E-state index contributed by atoms with van der Waals surface area (Å²) in [5.74, 6) is -0.120. The maximum atomic E-state index is 12.8. The van der Waals surface area contributed by atoms with Crippen LogP contribution < -0.4 is 4.90 Å². The molecule has 146 valence electrons. The Bertz CT molecular complexity index is 1260. The van der Waals surface area contributed by atoms with Gasteiger partial charge in [0.2, 0.25) is 0 Å². The van der Waals surface area contributed by atoms with Crippen molar-refractivity contribution >= 4 is 37.8 Å². The molecule has 0 radical (unpaired) electrons. The highest BCUT2D eigenvalue weighted by molar-refractivity contribution is 7.90. The lowest BCUT2D eigenvalue weighted by atomic mass is 9.93. The Hall–Kier alpha value is -2.77. The minimum Gasteiger partial charge on any atom is -0.364 e. The van der Waals surface area contributed by atoms with E-state index in [1.54, 1.807) is 12.1 Å². The van der Waals surface area contributed by atoms with E-state index in [0.717, 1.165) is 41.0 Å². The van der Waals surface area contributed by atoms with Crippen LogP contribution in [0.4, 0.5) is 5.69 Å². The zero-order valence-corrected chi connectivity index (χ0v) is 17.2. The monoisotopic (exact) mass is 421 g/mol. The quantitative estimate of drug-likeness (QED) is 0.471. The Morgan fingerprint density at radius 1 is 1.03 bits per heavy atom. The summed E-state index contributed by atoms with van der Waals surface area (Å²) in [7, 11) is -3.46. The summed E-state index contributed by atoms with van der Waals surface area (Å²) < 4.78 is 29.5. The van der Waals surface area contributed by atoms with E-state index in [2.05, 4.69) is 44.6 Å². The van der Waals surface area contributed by atoms with Crippen molar-refractivity contribution in [1.82, 2.24) is 9.36 Å². The average Bonchev–Trinajstić information content (AvgIpc) is 3.20. The Labute approximate surface area is 173 Å². The Kier molecular flexibility index (Phi) is 4.56. The second-order valence-corrected chi connectivity index (χ2v) is 10.0. The molecule has 7 heteroatoms. The molecule has 3 aromatic carbocycles. The highest BCUT2D eigenvalue weighted by atomic mass is 32.2. The molecular weight excluding hydrogens is 402 g/mol. The van der Waals surface area contributed by atoms with Crippen molar-refractivity contribution < 1.29 is 8.42 Å². The van der Waals surface area contributed by atoms with Gasteiger partial charge in [0, 0.05) is 17.6 Å². The number of aromatic nitrogens is 2. The largest absolute Gasteiger partial charge is 0.364 e. The zero-order chi connectivity index (χ0) is 19.8. The van der Waals surface area contributed by atoms with E-state index in [1.807, 2.05) is 24.3 Å². The van der Waals surface area contributed by atoms with Gasteiger partial charge in [-0.05, 0) is 47.1 Å². The second-order valence-electron chi connectivity index (χ2n) is 7.16. The van der Waals surface area contributed by atoms with Crippen molar-refractivity contribution in [1.29, 1.82) is 0 Å². The molecule has 1 aromatic heterocycles. The van der Waals surface area contributed by atoms with Crippen molar-refractivity contribution in [2.24, 2.45) is 0 Å². The highest BCUT2D eigenvalue weighted by Gasteiger charge is 2.30. The van der Waals surface area contributed by atoms with Gasteiger partial charge in [-0.3, -0.25) is 0 Å². The molecule has 0 aliphatic carbocycles. The topological polar surface area (TPSA) is 63.2 Å². The number of fused-ring (bicyclic) bond motifs is 1. The van der Waals surface area contributed by atoms with Crippen LogP contribution in [0.1, 0.15) is 23.0 Å². The molecule has 0 saturated carbocycles. The third kappa shape index (κ3) is 3.41. The van der Waals surface area contributed by atoms with Gasteiger partial charge >= 0.3 is 0 Å². The number of benzene rings is 3. The van der Waals surface area contributed by atoms with Crippen LogP contribution in [-0.2, 0) is 15.6 Å². The first-order valence-electron chi connectivity index (χ1n) is 9.44. The summed E-state index contributed by atoms with van der Waals surface area (Å²) in [6, 6.07) is 22.4.